The average molecular weight is 362 g/mol. The molecule has 0 aliphatic carbocycles. The number of rotatable bonds is 4. The number of para-hydroxylation sites is 1. The van der Waals surface area contributed by atoms with E-state index in [-0.39, 0.29) is 5.91 Å². The van der Waals surface area contributed by atoms with Crippen LogP contribution in [0.15, 0.2) is 42.5 Å². The van der Waals surface area contributed by atoms with E-state index in [0.29, 0.717) is 12.1 Å². The number of carbonyl (C=O) groups is 1. The minimum Gasteiger partial charge on any atom is -0.369 e. The van der Waals surface area contributed by atoms with Gasteiger partial charge in [-0.1, -0.05) is 29.8 Å². The molecule has 1 saturated heterocycles. The van der Waals surface area contributed by atoms with Crippen LogP contribution in [0.25, 0.3) is 0 Å². The number of benzene rings is 2. The van der Waals surface area contributed by atoms with E-state index in [4.69, 9.17) is 0 Å². The predicted octanol–water partition coefficient (Wildman–Crippen LogP) is 3.33. The number of hydrogen-bond acceptors (Lipinski definition) is 4. The van der Waals surface area contributed by atoms with E-state index in [9.17, 15) is 10.1 Å². The Balaban J connectivity index is 1.58. The number of carbonyl (C=O) groups excluding carboxylic acids is 1. The van der Waals surface area contributed by atoms with Crippen molar-refractivity contribution in [3.63, 3.8) is 0 Å². The molecule has 0 spiro atoms. The van der Waals surface area contributed by atoms with Crippen LogP contribution in [0, 0.1) is 25.2 Å². The second kappa shape index (κ2) is 8.70. The van der Waals surface area contributed by atoms with Crippen molar-refractivity contribution in [2.75, 3.05) is 42.9 Å². The molecule has 0 atom stereocenters. The Kier molecular flexibility index (Phi) is 6.10. The maximum absolute atomic E-state index is 12.5. The largest absolute Gasteiger partial charge is 0.369 e. The lowest BCUT2D eigenvalue weighted by atomic mass is 10.1. The van der Waals surface area contributed by atoms with Crippen molar-refractivity contribution in [1.29, 1.82) is 5.26 Å². The molecule has 1 heterocycles. The number of nitriles is 1. The third-order valence-corrected chi connectivity index (χ3v) is 4.98. The fourth-order valence-corrected chi connectivity index (χ4v) is 3.56. The van der Waals surface area contributed by atoms with Crippen LogP contribution in [-0.4, -0.2) is 43.5 Å². The van der Waals surface area contributed by atoms with E-state index in [2.05, 4.69) is 27.3 Å². The summed E-state index contributed by atoms with van der Waals surface area (Å²) in [5.41, 5.74) is 4.85. The molecule has 0 radical (unpaired) electrons. The molecule has 3 rings (SSSR count). The smallest absolute Gasteiger partial charge is 0.238 e. The van der Waals surface area contributed by atoms with Crippen LogP contribution in [0.5, 0.6) is 0 Å². The SMILES string of the molecule is Cc1ccc(NC(=O)CN2CCCN(c3ccccc3C#N)CC2)c(C)c1. The van der Waals surface area contributed by atoms with Crippen LogP contribution in [0.3, 0.4) is 0 Å². The number of hydrogen-bond donors (Lipinski definition) is 1. The Morgan fingerprint density at radius 2 is 1.93 bits per heavy atom. The summed E-state index contributed by atoms with van der Waals surface area (Å²) in [5, 5.41) is 12.4. The van der Waals surface area contributed by atoms with Crippen molar-refractivity contribution in [1.82, 2.24) is 4.90 Å². The minimum absolute atomic E-state index is 0.0211. The number of nitrogens with zero attached hydrogens (tertiary/aromatic N) is 3. The molecule has 0 saturated carbocycles. The normalized spacial score (nSPS) is 15.1. The maximum atomic E-state index is 12.5. The molecular weight excluding hydrogens is 336 g/mol. The van der Waals surface area contributed by atoms with Gasteiger partial charge in [-0.2, -0.15) is 5.26 Å². The molecule has 0 aromatic heterocycles. The van der Waals surface area contributed by atoms with Gasteiger partial charge in [-0.15, -0.1) is 0 Å². The van der Waals surface area contributed by atoms with Gasteiger partial charge < -0.3 is 10.2 Å². The van der Waals surface area contributed by atoms with E-state index >= 15 is 0 Å². The summed E-state index contributed by atoms with van der Waals surface area (Å²) >= 11 is 0. The van der Waals surface area contributed by atoms with Crippen molar-refractivity contribution in [2.24, 2.45) is 0 Å². The van der Waals surface area contributed by atoms with Gasteiger partial charge in [0.05, 0.1) is 17.8 Å². The Hall–Kier alpha value is -2.84. The Labute approximate surface area is 161 Å². The van der Waals surface area contributed by atoms with Gasteiger partial charge in [-0.3, -0.25) is 9.69 Å². The molecule has 1 amide bonds. The van der Waals surface area contributed by atoms with E-state index in [0.717, 1.165) is 49.5 Å². The summed E-state index contributed by atoms with van der Waals surface area (Å²) < 4.78 is 0. The zero-order valence-electron chi connectivity index (χ0n) is 16.0. The first-order chi connectivity index (χ1) is 13.1. The molecule has 1 aliphatic rings. The fourth-order valence-electron chi connectivity index (χ4n) is 3.56. The predicted molar refractivity (Wildman–Crippen MR) is 109 cm³/mol. The third kappa shape index (κ3) is 4.87. The number of aryl methyl sites for hydroxylation is 2. The first-order valence-electron chi connectivity index (χ1n) is 9.40. The maximum Gasteiger partial charge on any atom is 0.238 e. The molecule has 1 N–H and O–H groups in total. The zero-order valence-corrected chi connectivity index (χ0v) is 16.0. The summed E-state index contributed by atoms with van der Waals surface area (Å²) in [6.07, 6.45) is 0.969. The van der Waals surface area contributed by atoms with Gasteiger partial charge in [0.25, 0.3) is 0 Å². The zero-order chi connectivity index (χ0) is 19.2. The van der Waals surface area contributed by atoms with Gasteiger partial charge in [0.1, 0.15) is 6.07 Å². The van der Waals surface area contributed by atoms with Gasteiger partial charge >= 0.3 is 0 Å². The van der Waals surface area contributed by atoms with Crippen LogP contribution < -0.4 is 10.2 Å². The van der Waals surface area contributed by atoms with Gasteiger partial charge in [0, 0.05) is 31.9 Å². The molecule has 1 fully saturated rings. The van der Waals surface area contributed by atoms with Crippen molar-refractivity contribution in [3.05, 3.63) is 59.2 Å². The van der Waals surface area contributed by atoms with Crippen molar-refractivity contribution in [3.8, 4) is 6.07 Å². The molecule has 0 bridgehead atoms. The molecule has 1 aliphatic heterocycles. The van der Waals surface area contributed by atoms with E-state index in [1.54, 1.807) is 0 Å². The Morgan fingerprint density at radius 3 is 2.70 bits per heavy atom. The van der Waals surface area contributed by atoms with Crippen molar-refractivity contribution >= 4 is 17.3 Å². The highest BCUT2D eigenvalue weighted by molar-refractivity contribution is 5.93. The molecule has 27 heavy (non-hydrogen) atoms. The van der Waals surface area contributed by atoms with Crippen LogP contribution in [0.1, 0.15) is 23.1 Å². The summed E-state index contributed by atoms with van der Waals surface area (Å²) in [4.78, 5) is 16.9. The second-order valence-electron chi connectivity index (χ2n) is 7.11. The molecule has 2 aromatic rings. The molecule has 0 unspecified atom stereocenters. The highest BCUT2D eigenvalue weighted by atomic mass is 16.2. The molecule has 140 valence electrons. The van der Waals surface area contributed by atoms with Gasteiger partial charge in [-0.25, -0.2) is 0 Å². The van der Waals surface area contributed by atoms with Crippen LogP contribution in [0.4, 0.5) is 11.4 Å². The van der Waals surface area contributed by atoms with Gasteiger partial charge in [-0.05, 0) is 44.0 Å². The van der Waals surface area contributed by atoms with E-state index in [1.165, 1.54) is 5.56 Å². The summed E-state index contributed by atoms with van der Waals surface area (Å²) in [6.45, 7) is 7.85. The van der Waals surface area contributed by atoms with Gasteiger partial charge in [0.2, 0.25) is 5.91 Å². The van der Waals surface area contributed by atoms with Crippen LogP contribution in [0.2, 0.25) is 0 Å². The monoisotopic (exact) mass is 362 g/mol. The number of anilines is 2. The summed E-state index contributed by atoms with van der Waals surface area (Å²) in [5.74, 6) is 0.0211. The topological polar surface area (TPSA) is 59.4 Å². The van der Waals surface area contributed by atoms with E-state index < -0.39 is 0 Å². The fraction of sp³-hybridized carbons (Fsp3) is 0.364. The number of nitrogens with one attached hydrogen (secondary N) is 1. The lowest BCUT2D eigenvalue weighted by Crippen LogP contribution is -2.36. The van der Waals surface area contributed by atoms with Crippen molar-refractivity contribution < 1.29 is 4.79 Å². The lowest BCUT2D eigenvalue weighted by Gasteiger charge is -2.24. The standard InChI is InChI=1S/C22H26N4O/c1-17-8-9-20(18(2)14-17)24-22(27)16-25-10-5-11-26(13-12-25)21-7-4-3-6-19(21)15-23/h3-4,6-9,14H,5,10-13,16H2,1-2H3,(H,24,27). The first-order valence-corrected chi connectivity index (χ1v) is 9.40. The minimum atomic E-state index is 0.0211. The van der Waals surface area contributed by atoms with E-state index in [1.807, 2.05) is 50.2 Å². The highest BCUT2D eigenvalue weighted by Crippen LogP contribution is 2.21. The quantitative estimate of drug-likeness (QED) is 0.906. The molecular formula is C22H26N4O. The summed E-state index contributed by atoms with van der Waals surface area (Å²) in [6, 6.07) is 16.0. The lowest BCUT2D eigenvalue weighted by molar-refractivity contribution is -0.117. The average Bonchev–Trinajstić information content (AvgIpc) is 2.89. The van der Waals surface area contributed by atoms with Crippen molar-refractivity contribution in [2.45, 2.75) is 20.3 Å². The summed E-state index contributed by atoms with van der Waals surface area (Å²) in [7, 11) is 0. The van der Waals surface area contributed by atoms with Crippen LogP contribution >= 0.6 is 0 Å². The highest BCUT2D eigenvalue weighted by Gasteiger charge is 2.19. The molecule has 2 aromatic carbocycles. The second-order valence-corrected chi connectivity index (χ2v) is 7.11. The third-order valence-electron chi connectivity index (χ3n) is 4.98. The molecule has 5 nitrogen and oxygen atoms in total. The van der Waals surface area contributed by atoms with Crippen LogP contribution in [-0.2, 0) is 4.79 Å². The van der Waals surface area contributed by atoms with Gasteiger partial charge in [0.15, 0.2) is 0 Å². The first kappa shape index (κ1) is 18.9. The molecule has 5 heteroatoms. The number of amides is 1. The Bertz CT molecular complexity index is 856. The Morgan fingerprint density at radius 1 is 1.11 bits per heavy atom.